The van der Waals surface area contributed by atoms with Gasteiger partial charge < -0.3 is 9.84 Å². The van der Waals surface area contributed by atoms with Crippen LogP contribution in [0.5, 0.6) is 0 Å². The van der Waals surface area contributed by atoms with Gasteiger partial charge >= 0.3 is 0 Å². The molecule has 2 aromatic rings. The first-order valence-corrected chi connectivity index (χ1v) is 7.41. The standard InChI is InChI=1S/C14H16Cl2N4O2.2ClH/c1-2-22-13(17)6-14(21,7-20-9-18-8-19-20)11-4-3-10(15)5-12(11)16;;/h3-5,8-9,17,21H,2,6-7H2,1H3;2*1H. The van der Waals surface area contributed by atoms with Crippen LogP contribution < -0.4 is 0 Å². The maximum Gasteiger partial charge on any atom is 0.183 e. The molecule has 0 aliphatic rings. The van der Waals surface area contributed by atoms with Gasteiger partial charge in [-0.25, -0.2) is 9.67 Å². The number of nitrogens with one attached hydrogen (secondary N) is 1. The lowest BCUT2D eigenvalue weighted by Gasteiger charge is -2.29. The van der Waals surface area contributed by atoms with Gasteiger partial charge in [-0.15, -0.1) is 24.8 Å². The van der Waals surface area contributed by atoms with Crippen molar-refractivity contribution in [3.05, 3.63) is 46.5 Å². The molecule has 1 aromatic heterocycles. The minimum atomic E-state index is -1.46. The van der Waals surface area contributed by atoms with Crippen molar-refractivity contribution in [2.75, 3.05) is 6.61 Å². The van der Waals surface area contributed by atoms with Gasteiger partial charge in [-0.3, -0.25) is 5.41 Å². The summed E-state index contributed by atoms with van der Waals surface area (Å²) in [4.78, 5) is 3.85. The fourth-order valence-electron chi connectivity index (χ4n) is 2.18. The minimum Gasteiger partial charge on any atom is -0.481 e. The number of rotatable bonds is 6. The van der Waals surface area contributed by atoms with Crippen molar-refractivity contribution >= 4 is 53.9 Å². The molecule has 0 saturated heterocycles. The Kier molecular flexibility index (Phi) is 9.62. The molecular weight excluding hydrogens is 398 g/mol. The first kappa shape index (κ1) is 22.9. The SMILES string of the molecule is CCOC(=N)CC(O)(Cn1cncn1)c1ccc(Cl)cc1Cl.Cl.Cl. The highest BCUT2D eigenvalue weighted by Crippen LogP contribution is 2.34. The summed E-state index contributed by atoms with van der Waals surface area (Å²) >= 11 is 12.1. The first-order chi connectivity index (χ1) is 10.4. The molecule has 6 nitrogen and oxygen atoms in total. The summed E-state index contributed by atoms with van der Waals surface area (Å²) in [5.74, 6) is -0.0314. The van der Waals surface area contributed by atoms with Crippen LogP contribution in [0.15, 0.2) is 30.9 Å². The maximum atomic E-state index is 11.1. The number of nitrogens with zero attached hydrogens (tertiary/aromatic N) is 3. The summed E-state index contributed by atoms with van der Waals surface area (Å²) in [6.07, 6.45) is 2.82. The Labute approximate surface area is 162 Å². The molecule has 1 aromatic carbocycles. The second kappa shape index (κ2) is 10.1. The number of benzene rings is 1. The van der Waals surface area contributed by atoms with Gasteiger partial charge in [-0.1, -0.05) is 29.3 Å². The molecule has 10 heteroatoms. The number of ether oxygens (including phenoxy) is 1. The van der Waals surface area contributed by atoms with Gasteiger partial charge in [-0.05, 0) is 19.1 Å². The van der Waals surface area contributed by atoms with E-state index in [1.807, 2.05) is 0 Å². The molecule has 1 atom stereocenters. The zero-order chi connectivity index (χ0) is 16.2. The van der Waals surface area contributed by atoms with E-state index in [0.29, 0.717) is 22.2 Å². The van der Waals surface area contributed by atoms with Crippen molar-refractivity contribution in [3.8, 4) is 0 Å². The van der Waals surface area contributed by atoms with Crippen LogP contribution in [-0.4, -0.2) is 32.4 Å². The smallest absolute Gasteiger partial charge is 0.183 e. The van der Waals surface area contributed by atoms with E-state index >= 15 is 0 Å². The fourth-order valence-corrected chi connectivity index (χ4v) is 2.76. The number of hydrogen-bond donors (Lipinski definition) is 2. The van der Waals surface area contributed by atoms with Crippen LogP contribution >= 0.6 is 48.0 Å². The third kappa shape index (κ3) is 5.79. The molecule has 0 amide bonds. The zero-order valence-electron chi connectivity index (χ0n) is 12.8. The van der Waals surface area contributed by atoms with E-state index < -0.39 is 5.60 Å². The van der Waals surface area contributed by atoms with Gasteiger partial charge in [0, 0.05) is 15.6 Å². The number of hydrogen-bond acceptors (Lipinski definition) is 5. The lowest BCUT2D eigenvalue weighted by Crippen LogP contribution is -2.35. The molecule has 0 radical (unpaired) electrons. The van der Waals surface area contributed by atoms with E-state index in [1.165, 1.54) is 17.3 Å². The quantitative estimate of drug-likeness (QED) is 0.556. The van der Waals surface area contributed by atoms with Crippen molar-refractivity contribution in [2.24, 2.45) is 0 Å². The van der Waals surface area contributed by atoms with E-state index in [-0.39, 0.29) is 43.7 Å². The highest BCUT2D eigenvalue weighted by molar-refractivity contribution is 6.35. The van der Waals surface area contributed by atoms with Crippen LogP contribution in [0.3, 0.4) is 0 Å². The molecule has 0 saturated carbocycles. The molecule has 1 heterocycles. The van der Waals surface area contributed by atoms with Crippen molar-refractivity contribution in [1.29, 1.82) is 5.41 Å². The van der Waals surface area contributed by atoms with E-state index in [0.717, 1.165) is 0 Å². The van der Waals surface area contributed by atoms with Crippen LogP contribution in [0, 0.1) is 5.41 Å². The fraction of sp³-hybridized carbons (Fsp3) is 0.357. The average Bonchev–Trinajstić information content (AvgIpc) is 2.90. The van der Waals surface area contributed by atoms with Crippen molar-refractivity contribution in [1.82, 2.24) is 14.8 Å². The van der Waals surface area contributed by atoms with Gasteiger partial charge in [0.05, 0.1) is 19.6 Å². The Hall–Kier alpha value is -1.05. The largest absolute Gasteiger partial charge is 0.481 e. The van der Waals surface area contributed by atoms with Crippen LogP contribution in [0.2, 0.25) is 10.0 Å². The molecule has 24 heavy (non-hydrogen) atoms. The molecule has 0 aliphatic heterocycles. The summed E-state index contributed by atoms with van der Waals surface area (Å²) in [6, 6.07) is 4.83. The highest BCUT2D eigenvalue weighted by Gasteiger charge is 2.34. The van der Waals surface area contributed by atoms with Crippen LogP contribution in [0.4, 0.5) is 0 Å². The van der Waals surface area contributed by atoms with Crippen molar-refractivity contribution in [3.63, 3.8) is 0 Å². The van der Waals surface area contributed by atoms with E-state index in [1.54, 1.807) is 25.1 Å². The molecule has 134 valence electrons. The predicted molar refractivity (Wildman–Crippen MR) is 98.8 cm³/mol. The number of aliphatic hydroxyl groups is 1. The second-order valence-electron chi connectivity index (χ2n) is 4.78. The molecule has 0 bridgehead atoms. The summed E-state index contributed by atoms with van der Waals surface area (Å²) in [6.45, 7) is 2.22. The summed E-state index contributed by atoms with van der Waals surface area (Å²) in [7, 11) is 0. The second-order valence-corrected chi connectivity index (χ2v) is 5.63. The number of halogens is 4. The summed E-state index contributed by atoms with van der Waals surface area (Å²) < 4.78 is 6.63. The Balaban J connectivity index is 0.00000264. The third-order valence-electron chi connectivity index (χ3n) is 3.09. The van der Waals surface area contributed by atoms with Gasteiger partial charge in [0.25, 0.3) is 0 Å². The molecule has 1 unspecified atom stereocenters. The van der Waals surface area contributed by atoms with Gasteiger partial charge in [0.15, 0.2) is 5.90 Å². The molecular formula is C14H18Cl4N4O2. The Bertz CT molecular complexity index is 654. The Morgan fingerprint density at radius 3 is 2.62 bits per heavy atom. The summed E-state index contributed by atoms with van der Waals surface area (Å²) in [5, 5.41) is 23.7. The predicted octanol–water partition coefficient (Wildman–Crippen LogP) is 3.72. The molecule has 2 N–H and O–H groups in total. The van der Waals surface area contributed by atoms with Crippen molar-refractivity contribution < 1.29 is 9.84 Å². The van der Waals surface area contributed by atoms with Gasteiger partial charge in [-0.2, -0.15) is 5.10 Å². The van der Waals surface area contributed by atoms with Gasteiger partial charge in [0.2, 0.25) is 0 Å². The number of aromatic nitrogens is 3. The van der Waals surface area contributed by atoms with E-state index in [2.05, 4.69) is 10.1 Å². The normalized spacial score (nSPS) is 12.5. The lowest BCUT2D eigenvalue weighted by atomic mass is 9.90. The van der Waals surface area contributed by atoms with E-state index in [4.69, 9.17) is 33.3 Å². The molecule has 0 fully saturated rings. The monoisotopic (exact) mass is 414 g/mol. The topological polar surface area (TPSA) is 84.0 Å². The van der Waals surface area contributed by atoms with Crippen molar-refractivity contribution in [2.45, 2.75) is 25.5 Å². The maximum absolute atomic E-state index is 11.1. The Morgan fingerprint density at radius 2 is 2.08 bits per heavy atom. The van der Waals surface area contributed by atoms with Crippen LogP contribution in [0.25, 0.3) is 0 Å². The Morgan fingerprint density at radius 1 is 1.38 bits per heavy atom. The minimum absolute atomic E-state index is 0. The average molecular weight is 416 g/mol. The highest BCUT2D eigenvalue weighted by atomic mass is 35.5. The van der Waals surface area contributed by atoms with E-state index in [9.17, 15) is 5.11 Å². The molecule has 0 spiro atoms. The summed E-state index contributed by atoms with van der Waals surface area (Å²) in [5.41, 5.74) is -1.000. The van der Waals surface area contributed by atoms with Crippen LogP contribution in [-0.2, 0) is 16.9 Å². The zero-order valence-corrected chi connectivity index (χ0v) is 15.9. The van der Waals surface area contributed by atoms with Crippen LogP contribution in [0.1, 0.15) is 18.9 Å². The third-order valence-corrected chi connectivity index (χ3v) is 3.64. The first-order valence-electron chi connectivity index (χ1n) is 6.65. The molecule has 2 rings (SSSR count). The molecule has 0 aliphatic carbocycles. The van der Waals surface area contributed by atoms with Gasteiger partial charge in [0.1, 0.15) is 18.3 Å². The lowest BCUT2D eigenvalue weighted by molar-refractivity contribution is 0.0168.